The zero-order chi connectivity index (χ0) is 13.1. The molecule has 1 N–H and O–H groups in total. The van der Waals surface area contributed by atoms with Crippen molar-refractivity contribution >= 4 is 0 Å². The largest absolute Gasteiger partial charge is 0.388 e. The summed E-state index contributed by atoms with van der Waals surface area (Å²) in [5.74, 6) is -1.73. The van der Waals surface area contributed by atoms with E-state index in [9.17, 15) is 18.3 Å². The van der Waals surface area contributed by atoms with Crippen LogP contribution in [0.5, 0.6) is 0 Å². The van der Waals surface area contributed by atoms with Crippen molar-refractivity contribution in [2.45, 2.75) is 12.5 Å². The highest BCUT2D eigenvalue weighted by molar-refractivity contribution is 5.24. The first-order valence-electron chi connectivity index (χ1n) is 5.44. The van der Waals surface area contributed by atoms with Gasteiger partial charge in [-0.15, -0.1) is 0 Å². The Hall–Kier alpha value is -1.81. The van der Waals surface area contributed by atoms with E-state index in [1.807, 2.05) is 0 Å². The molecular formula is C14H11F3O. The van der Waals surface area contributed by atoms with E-state index in [1.165, 1.54) is 18.2 Å². The smallest absolute Gasteiger partial charge is 0.129 e. The van der Waals surface area contributed by atoms with Crippen molar-refractivity contribution in [3.8, 4) is 0 Å². The number of halogens is 3. The number of benzene rings is 2. The Morgan fingerprint density at radius 3 is 2.39 bits per heavy atom. The first-order chi connectivity index (χ1) is 8.56. The third-order valence-electron chi connectivity index (χ3n) is 2.64. The molecule has 2 aromatic rings. The van der Waals surface area contributed by atoms with Gasteiger partial charge in [0.1, 0.15) is 17.5 Å². The van der Waals surface area contributed by atoms with Crippen LogP contribution in [0.4, 0.5) is 13.2 Å². The summed E-state index contributed by atoms with van der Waals surface area (Å²) in [4.78, 5) is 0. The third-order valence-corrected chi connectivity index (χ3v) is 2.64. The summed E-state index contributed by atoms with van der Waals surface area (Å²) in [6.45, 7) is 0. The molecule has 0 aromatic heterocycles. The third kappa shape index (κ3) is 2.90. The van der Waals surface area contributed by atoms with E-state index in [-0.39, 0.29) is 12.0 Å². The van der Waals surface area contributed by atoms with E-state index in [0.29, 0.717) is 5.56 Å². The number of hydrogen-bond acceptors (Lipinski definition) is 1. The molecule has 0 saturated heterocycles. The molecule has 1 nitrogen and oxygen atoms in total. The Labute approximate surface area is 103 Å². The fourth-order valence-electron chi connectivity index (χ4n) is 1.77. The molecule has 94 valence electrons. The second kappa shape index (κ2) is 5.23. The number of hydrogen-bond donors (Lipinski definition) is 1. The summed E-state index contributed by atoms with van der Waals surface area (Å²) in [6, 6.07) is 8.52. The van der Waals surface area contributed by atoms with E-state index in [1.54, 1.807) is 6.07 Å². The fraction of sp³-hybridized carbons (Fsp3) is 0.143. The van der Waals surface area contributed by atoms with Crippen LogP contribution in [-0.2, 0) is 6.42 Å². The molecule has 0 saturated carbocycles. The van der Waals surface area contributed by atoms with Crippen molar-refractivity contribution in [2.75, 3.05) is 0 Å². The lowest BCUT2D eigenvalue weighted by Crippen LogP contribution is -2.05. The van der Waals surface area contributed by atoms with Crippen LogP contribution in [0.25, 0.3) is 0 Å². The van der Waals surface area contributed by atoms with Crippen LogP contribution in [-0.4, -0.2) is 5.11 Å². The van der Waals surface area contributed by atoms with Gasteiger partial charge in [0.2, 0.25) is 0 Å². The maximum absolute atomic E-state index is 13.4. The van der Waals surface area contributed by atoms with Crippen molar-refractivity contribution < 1.29 is 18.3 Å². The Kier molecular flexibility index (Phi) is 3.67. The molecule has 0 bridgehead atoms. The number of aliphatic hydroxyl groups is 1. The lowest BCUT2D eigenvalue weighted by Gasteiger charge is -2.12. The van der Waals surface area contributed by atoms with Crippen molar-refractivity contribution in [3.63, 3.8) is 0 Å². The lowest BCUT2D eigenvalue weighted by molar-refractivity contribution is 0.173. The lowest BCUT2D eigenvalue weighted by atomic mass is 10.0. The van der Waals surface area contributed by atoms with E-state index in [0.717, 1.165) is 18.2 Å². The highest BCUT2D eigenvalue weighted by atomic mass is 19.1. The first kappa shape index (κ1) is 12.6. The van der Waals surface area contributed by atoms with Crippen LogP contribution >= 0.6 is 0 Å². The molecule has 0 radical (unpaired) electrons. The zero-order valence-electron chi connectivity index (χ0n) is 9.41. The average Bonchev–Trinajstić information content (AvgIpc) is 2.32. The molecule has 1 atom stereocenters. The van der Waals surface area contributed by atoms with Gasteiger partial charge in [-0.2, -0.15) is 0 Å². The summed E-state index contributed by atoms with van der Waals surface area (Å²) in [6.07, 6.45) is -1.18. The molecule has 4 heteroatoms. The summed E-state index contributed by atoms with van der Waals surface area (Å²) in [5.41, 5.74) is 0.394. The van der Waals surface area contributed by atoms with Crippen LogP contribution in [0.2, 0.25) is 0 Å². The maximum atomic E-state index is 13.4. The van der Waals surface area contributed by atoms with Gasteiger partial charge in [-0.3, -0.25) is 0 Å². The highest BCUT2D eigenvalue weighted by Gasteiger charge is 2.14. The second-order valence-corrected chi connectivity index (χ2v) is 4.02. The molecular weight excluding hydrogens is 241 g/mol. The van der Waals surface area contributed by atoms with Gasteiger partial charge in [0.25, 0.3) is 0 Å². The monoisotopic (exact) mass is 252 g/mol. The first-order valence-corrected chi connectivity index (χ1v) is 5.44. The Bertz CT molecular complexity index is 554. The number of aliphatic hydroxyl groups excluding tert-OH is 1. The quantitative estimate of drug-likeness (QED) is 0.887. The Morgan fingerprint density at radius 1 is 0.944 bits per heavy atom. The van der Waals surface area contributed by atoms with Gasteiger partial charge >= 0.3 is 0 Å². The van der Waals surface area contributed by atoms with Crippen molar-refractivity contribution in [1.29, 1.82) is 0 Å². The molecule has 2 rings (SSSR count). The van der Waals surface area contributed by atoms with Crippen molar-refractivity contribution in [1.82, 2.24) is 0 Å². The molecule has 0 spiro atoms. The molecule has 0 aliphatic rings. The summed E-state index contributed by atoms with van der Waals surface area (Å²) < 4.78 is 39.3. The molecule has 0 aliphatic carbocycles. The predicted octanol–water partition coefficient (Wildman–Crippen LogP) is 3.38. The summed E-state index contributed by atoms with van der Waals surface area (Å²) in [7, 11) is 0. The Morgan fingerprint density at radius 2 is 1.67 bits per heavy atom. The summed E-state index contributed by atoms with van der Waals surface area (Å²) >= 11 is 0. The van der Waals surface area contributed by atoms with E-state index < -0.39 is 23.6 Å². The van der Waals surface area contributed by atoms with Gasteiger partial charge < -0.3 is 5.11 Å². The maximum Gasteiger partial charge on any atom is 0.129 e. The standard InChI is InChI=1S/C14H11F3O/c15-10-3-1-2-9(6-10)7-14(18)12-8-11(16)4-5-13(12)17/h1-6,8,14,18H,7H2. The second-order valence-electron chi connectivity index (χ2n) is 4.02. The molecule has 0 fully saturated rings. The minimum Gasteiger partial charge on any atom is -0.388 e. The summed E-state index contributed by atoms with van der Waals surface area (Å²) in [5, 5.41) is 9.84. The predicted molar refractivity (Wildman–Crippen MR) is 61.4 cm³/mol. The minimum atomic E-state index is -1.21. The number of rotatable bonds is 3. The van der Waals surface area contributed by atoms with E-state index in [2.05, 4.69) is 0 Å². The molecule has 0 aliphatic heterocycles. The van der Waals surface area contributed by atoms with Crippen molar-refractivity contribution in [2.24, 2.45) is 0 Å². The SMILES string of the molecule is OC(Cc1cccc(F)c1)c1cc(F)ccc1F. The van der Waals surface area contributed by atoms with Gasteiger partial charge in [-0.05, 0) is 35.9 Å². The fourth-order valence-corrected chi connectivity index (χ4v) is 1.77. The highest BCUT2D eigenvalue weighted by Crippen LogP contribution is 2.22. The van der Waals surface area contributed by atoms with Crippen LogP contribution in [0.1, 0.15) is 17.2 Å². The van der Waals surface area contributed by atoms with Crippen molar-refractivity contribution in [3.05, 3.63) is 71.0 Å². The minimum absolute atomic E-state index is 0.0259. The zero-order valence-corrected chi connectivity index (χ0v) is 9.41. The molecule has 0 heterocycles. The van der Waals surface area contributed by atoms with Crippen LogP contribution in [0.3, 0.4) is 0 Å². The van der Waals surface area contributed by atoms with Gasteiger partial charge in [-0.25, -0.2) is 13.2 Å². The Balaban J connectivity index is 2.21. The van der Waals surface area contributed by atoms with Gasteiger partial charge in [0.05, 0.1) is 6.10 Å². The van der Waals surface area contributed by atoms with Gasteiger partial charge in [0.15, 0.2) is 0 Å². The molecule has 1 unspecified atom stereocenters. The molecule has 2 aromatic carbocycles. The topological polar surface area (TPSA) is 20.2 Å². The molecule has 18 heavy (non-hydrogen) atoms. The average molecular weight is 252 g/mol. The van der Waals surface area contributed by atoms with Gasteiger partial charge in [-0.1, -0.05) is 12.1 Å². The van der Waals surface area contributed by atoms with Crippen LogP contribution in [0, 0.1) is 17.5 Å². The van der Waals surface area contributed by atoms with E-state index in [4.69, 9.17) is 0 Å². The van der Waals surface area contributed by atoms with Crippen LogP contribution < -0.4 is 0 Å². The van der Waals surface area contributed by atoms with Crippen LogP contribution in [0.15, 0.2) is 42.5 Å². The van der Waals surface area contributed by atoms with Gasteiger partial charge in [0, 0.05) is 12.0 Å². The normalized spacial score (nSPS) is 12.4. The van der Waals surface area contributed by atoms with E-state index >= 15 is 0 Å². The molecule has 0 amide bonds.